The van der Waals surface area contributed by atoms with Gasteiger partial charge in [-0.1, -0.05) is 6.92 Å². The smallest absolute Gasteiger partial charge is 0.326 e. The van der Waals surface area contributed by atoms with Crippen molar-refractivity contribution in [3.63, 3.8) is 0 Å². The third-order valence-electron chi connectivity index (χ3n) is 3.65. The second kappa shape index (κ2) is 9.38. The van der Waals surface area contributed by atoms with Crippen LogP contribution in [0.1, 0.15) is 54.4 Å². The molecule has 0 aromatic carbocycles. The molecule has 0 bridgehead atoms. The normalized spacial score (nSPS) is 16.3. The minimum absolute atomic E-state index is 0.0360. The molecule has 0 heterocycles. The molecule has 0 aliphatic heterocycles. The van der Waals surface area contributed by atoms with Gasteiger partial charge in [-0.15, -0.1) is 0 Å². The molecule has 126 valence electrons. The highest BCUT2D eigenvalue weighted by atomic mass is 16.5. The Labute approximate surface area is 129 Å². The Morgan fingerprint density at radius 3 is 2.33 bits per heavy atom. The average molecular weight is 303 g/mol. The van der Waals surface area contributed by atoms with Crippen LogP contribution in [-0.4, -0.2) is 50.1 Å². The summed E-state index contributed by atoms with van der Waals surface area (Å²) < 4.78 is 16.3. The number of ether oxygens (including phenoxy) is 3. The van der Waals surface area contributed by atoms with Gasteiger partial charge >= 0.3 is 5.97 Å². The number of hydrogen-bond donors (Lipinski definition) is 1. The molecule has 0 aliphatic rings. The van der Waals surface area contributed by atoms with Crippen LogP contribution >= 0.6 is 0 Å². The average Bonchev–Trinajstić information content (AvgIpc) is 2.38. The van der Waals surface area contributed by atoms with Gasteiger partial charge in [-0.25, -0.2) is 0 Å². The SMILES string of the molecule is CCNC(C)(CC(C)OCCC(C)(C)OC)C(=O)OCC. The zero-order chi connectivity index (χ0) is 16.5. The Balaban J connectivity index is 4.41. The monoisotopic (exact) mass is 303 g/mol. The molecule has 0 rings (SSSR count). The summed E-state index contributed by atoms with van der Waals surface area (Å²) in [4.78, 5) is 12.1. The maximum atomic E-state index is 12.1. The van der Waals surface area contributed by atoms with Crippen LogP contribution in [-0.2, 0) is 19.0 Å². The topological polar surface area (TPSA) is 56.8 Å². The van der Waals surface area contributed by atoms with Gasteiger partial charge in [0, 0.05) is 20.1 Å². The maximum Gasteiger partial charge on any atom is 0.326 e. The Morgan fingerprint density at radius 2 is 1.86 bits per heavy atom. The molecule has 5 heteroatoms. The van der Waals surface area contributed by atoms with Gasteiger partial charge in [0.05, 0.1) is 18.3 Å². The van der Waals surface area contributed by atoms with Crippen LogP contribution < -0.4 is 5.32 Å². The second-order valence-corrected chi connectivity index (χ2v) is 6.18. The van der Waals surface area contributed by atoms with Crippen molar-refractivity contribution in [1.82, 2.24) is 5.32 Å². The van der Waals surface area contributed by atoms with Crippen molar-refractivity contribution < 1.29 is 19.0 Å². The van der Waals surface area contributed by atoms with E-state index < -0.39 is 5.54 Å². The van der Waals surface area contributed by atoms with Crippen molar-refractivity contribution in [2.45, 2.75) is 71.6 Å². The van der Waals surface area contributed by atoms with E-state index in [2.05, 4.69) is 5.32 Å². The number of carbonyl (C=O) groups excluding carboxylic acids is 1. The molecule has 1 N–H and O–H groups in total. The summed E-state index contributed by atoms with van der Waals surface area (Å²) in [5, 5.41) is 3.21. The molecule has 0 saturated carbocycles. The second-order valence-electron chi connectivity index (χ2n) is 6.18. The minimum atomic E-state index is -0.707. The van der Waals surface area contributed by atoms with Gasteiger partial charge in [0.25, 0.3) is 0 Å². The minimum Gasteiger partial charge on any atom is -0.465 e. The van der Waals surface area contributed by atoms with Crippen LogP contribution in [0.4, 0.5) is 0 Å². The highest BCUT2D eigenvalue weighted by molar-refractivity contribution is 5.80. The number of hydrogen-bond acceptors (Lipinski definition) is 5. The van der Waals surface area contributed by atoms with E-state index in [-0.39, 0.29) is 17.7 Å². The summed E-state index contributed by atoms with van der Waals surface area (Å²) in [6, 6.07) is 0. The van der Waals surface area contributed by atoms with Gasteiger partial charge < -0.3 is 19.5 Å². The Kier molecular flexibility index (Phi) is 9.09. The number of likely N-dealkylation sites (N-methyl/N-ethyl adjacent to an activating group) is 1. The van der Waals surface area contributed by atoms with Crippen LogP contribution in [0.2, 0.25) is 0 Å². The van der Waals surface area contributed by atoms with Crippen molar-refractivity contribution in [2.24, 2.45) is 0 Å². The molecule has 0 amide bonds. The number of rotatable bonds is 11. The summed E-state index contributed by atoms with van der Waals surface area (Å²) >= 11 is 0. The van der Waals surface area contributed by atoms with Crippen molar-refractivity contribution >= 4 is 5.97 Å². The van der Waals surface area contributed by atoms with Gasteiger partial charge in [0.2, 0.25) is 0 Å². The fraction of sp³-hybridized carbons (Fsp3) is 0.938. The summed E-state index contributed by atoms with van der Waals surface area (Å²) in [5.74, 6) is -0.223. The molecule has 0 aromatic rings. The first kappa shape index (κ1) is 20.3. The maximum absolute atomic E-state index is 12.1. The quantitative estimate of drug-likeness (QED) is 0.594. The van der Waals surface area contributed by atoms with Crippen molar-refractivity contribution in [3.8, 4) is 0 Å². The standard InChI is InChI=1S/C16H33NO4/c1-8-17-16(6,14(18)20-9-2)12-13(3)21-11-10-15(4,5)19-7/h13,17H,8-12H2,1-7H3. The number of carbonyl (C=O) groups is 1. The molecule has 0 aromatic heterocycles. The molecule has 5 nitrogen and oxygen atoms in total. The van der Waals surface area contributed by atoms with Crippen LogP contribution in [0.5, 0.6) is 0 Å². The first-order chi connectivity index (χ1) is 9.70. The first-order valence-electron chi connectivity index (χ1n) is 7.79. The van der Waals surface area contributed by atoms with Crippen LogP contribution in [0, 0.1) is 0 Å². The predicted molar refractivity (Wildman–Crippen MR) is 84.5 cm³/mol. The highest BCUT2D eigenvalue weighted by Gasteiger charge is 2.35. The van der Waals surface area contributed by atoms with Gasteiger partial charge in [0.1, 0.15) is 5.54 Å². The lowest BCUT2D eigenvalue weighted by Crippen LogP contribution is -2.52. The molecule has 0 radical (unpaired) electrons. The molecule has 0 saturated heterocycles. The lowest BCUT2D eigenvalue weighted by molar-refractivity contribution is -0.152. The first-order valence-corrected chi connectivity index (χ1v) is 7.79. The fourth-order valence-electron chi connectivity index (χ4n) is 2.15. The Morgan fingerprint density at radius 1 is 1.24 bits per heavy atom. The lowest BCUT2D eigenvalue weighted by Gasteiger charge is -2.31. The van der Waals surface area contributed by atoms with Gasteiger partial charge in [-0.3, -0.25) is 4.79 Å². The summed E-state index contributed by atoms with van der Waals surface area (Å²) in [6.07, 6.45) is 1.35. The van der Waals surface area contributed by atoms with E-state index in [9.17, 15) is 4.79 Å². The molecule has 0 aliphatic carbocycles. The molecule has 2 atom stereocenters. The summed E-state index contributed by atoms with van der Waals surface area (Å²) in [6.45, 7) is 13.4. The van der Waals surface area contributed by atoms with Gasteiger partial charge in [-0.2, -0.15) is 0 Å². The highest BCUT2D eigenvalue weighted by Crippen LogP contribution is 2.18. The van der Waals surface area contributed by atoms with Crippen molar-refractivity contribution in [1.29, 1.82) is 0 Å². The molecular formula is C16H33NO4. The van der Waals surface area contributed by atoms with Crippen LogP contribution in [0.25, 0.3) is 0 Å². The largest absolute Gasteiger partial charge is 0.465 e. The van der Waals surface area contributed by atoms with Crippen molar-refractivity contribution in [2.75, 3.05) is 26.9 Å². The van der Waals surface area contributed by atoms with Gasteiger partial charge in [0.15, 0.2) is 0 Å². The predicted octanol–water partition coefficient (Wildman–Crippen LogP) is 2.53. The Bertz CT molecular complexity index is 307. The number of esters is 1. The van der Waals surface area contributed by atoms with E-state index in [1.807, 2.05) is 41.5 Å². The van der Waals surface area contributed by atoms with Crippen LogP contribution in [0.15, 0.2) is 0 Å². The van der Waals surface area contributed by atoms with E-state index in [0.717, 1.165) is 6.42 Å². The molecule has 21 heavy (non-hydrogen) atoms. The van der Waals surface area contributed by atoms with Crippen molar-refractivity contribution in [3.05, 3.63) is 0 Å². The third-order valence-corrected chi connectivity index (χ3v) is 3.65. The number of methoxy groups -OCH3 is 1. The van der Waals surface area contributed by atoms with E-state index >= 15 is 0 Å². The zero-order valence-corrected chi connectivity index (χ0v) is 14.7. The zero-order valence-electron chi connectivity index (χ0n) is 14.7. The fourth-order valence-corrected chi connectivity index (χ4v) is 2.15. The Hall–Kier alpha value is -0.650. The number of nitrogens with one attached hydrogen (secondary N) is 1. The molecular weight excluding hydrogens is 270 g/mol. The molecule has 2 unspecified atom stereocenters. The summed E-state index contributed by atoms with van der Waals surface area (Å²) in [7, 11) is 1.70. The van der Waals surface area contributed by atoms with E-state index in [0.29, 0.717) is 26.2 Å². The molecule has 0 spiro atoms. The summed E-state index contributed by atoms with van der Waals surface area (Å²) in [5.41, 5.74) is -0.896. The molecule has 0 fully saturated rings. The lowest BCUT2D eigenvalue weighted by atomic mass is 9.94. The van der Waals surface area contributed by atoms with E-state index in [1.165, 1.54) is 0 Å². The third kappa shape index (κ3) is 7.79. The van der Waals surface area contributed by atoms with Gasteiger partial charge in [-0.05, 0) is 47.6 Å². The van der Waals surface area contributed by atoms with Crippen LogP contribution in [0.3, 0.4) is 0 Å². The van der Waals surface area contributed by atoms with E-state index in [1.54, 1.807) is 7.11 Å². The van der Waals surface area contributed by atoms with E-state index in [4.69, 9.17) is 14.2 Å².